The van der Waals surface area contributed by atoms with Crippen LogP contribution < -0.4 is 0 Å². The second-order valence-electron chi connectivity index (χ2n) is 2.89. The summed E-state index contributed by atoms with van der Waals surface area (Å²) in [7, 11) is 0. The van der Waals surface area contributed by atoms with Gasteiger partial charge in [-0.2, -0.15) is 0 Å². The Morgan fingerprint density at radius 3 is 2.85 bits per heavy atom. The smallest absolute Gasteiger partial charge is 0.137 e. The molecule has 66 valence electrons. The molecule has 0 saturated heterocycles. The average molecular weight is 257 g/mol. The zero-order chi connectivity index (χ0) is 9.42. The molecule has 1 aromatic carbocycles. The largest absolute Gasteiger partial charge is 0.241 e. The van der Waals surface area contributed by atoms with Crippen LogP contribution in [0.25, 0.3) is 10.8 Å². The summed E-state index contributed by atoms with van der Waals surface area (Å²) < 4.78 is 1.05. The van der Waals surface area contributed by atoms with Gasteiger partial charge in [0.25, 0.3) is 0 Å². The first-order valence-electron chi connectivity index (χ1n) is 3.90. The molecule has 0 aliphatic rings. The highest BCUT2D eigenvalue weighted by atomic mass is 79.9. The Kier molecular flexibility index (Phi) is 2.26. The van der Waals surface area contributed by atoms with Gasteiger partial charge in [-0.15, -0.1) is 0 Å². The van der Waals surface area contributed by atoms with Crippen LogP contribution in [0.15, 0.2) is 28.7 Å². The molecular weight excluding hydrogens is 249 g/mol. The lowest BCUT2D eigenvalue weighted by Gasteiger charge is -2.03. The first-order valence-corrected chi connectivity index (χ1v) is 5.07. The predicted octanol–water partition coefficient (Wildman–Crippen LogP) is 3.96. The van der Waals surface area contributed by atoms with Gasteiger partial charge in [0.05, 0.1) is 0 Å². The van der Waals surface area contributed by atoms with Crippen molar-refractivity contribution in [2.45, 2.75) is 6.92 Å². The fourth-order valence-electron chi connectivity index (χ4n) is 1.32. The number of nitrogens with zero attached hydrogens (tertiary/aromatic N) is 1. The lowest BCUT2D eigenvalue weighted by atomic mass is 10.1. The minimum atomic E-state index is 0.566. The Labute approximate surface area is 89.9 Å². The molecule has 2 rings (SSSR count). The Morgan fingerprint density at radius 2 is 2.08 bits per heavy atom. The van der Waals surface area contributed by atoms with Crippen molar-refractivity contribution in [3.63, 3.8) is 0 Å². The van der Waals surface area contributed by atoms with Crippen LogP contribution in [-0.2, 0) is 0 Å². The molecule has 0 aliphatic carbocycles. The Bertz CT molecular complexity index is 468. The van der Waals surface area contributed by atoms with Gasteiger partial charge in [-0.3, -0.25) is 0 Å². The third kappa shape index (κ3) is 1.56. The Morgan fingerprint density at radius 1 is 1.31 bits per heavy atom. The standard InChI is InChI=1S/C10H7BrClN/c1-6-5-8-7(10(12)13-6)3-2-4-9(8)11/h2-5H,1H3. The lowest BCUT2D eigenvalue weighted by molar-refractivity contribution is 1.22. The van der Waals surface area contributed by atoms with Crippen molar-refractivity contribution >= 4 is 38.3 Å². The molecule has 0 saturated carbocycles. The van der Waals surface area contributed by atoms with Gasteiger partial charge in [0, 0.05) is 20.9 Å². The van der Waals surface area contributed by atoms with E-state index < -0.39 is 0 Å². The molecule has 1 nitrogen and oxygen atoms in total. The second-order valence-corrected chi connectivity index (χ2v) is 4.10. The number of rotatable bonds is 0. The summed E-state index contributed by atoms with van der Waals surface area (Å²) in [5, 5.41) is 2.66. The van der Waals surface area contributed by atoms with Gasteiger partial charge >= 0.3 is 0 Å². The summed E-state index contributed by atoms with van der Waals surface area (Å²) in [6.45, 7) is 1.94. The van der Waals surface area contributed by atoms with E-state index in [1.807, 2.05) is 31.2 Å². The number of fused-ring (bicyclic) bond motifs is 1. The third-order valence-corrected chi connectivity index (χ3v) is 2.88. The number of pyridine rings is 1. The molecule has 0 radical (unpaired) electrons. The molecule has 1 heterocycles. The maximum atomic E-state index is 6.00. The molecule has 0 N–H and O–H groups in total. The number of benzene rings is 1. The van der Waals surface area contributed by atoms with Gasteiger partial charge in [0.2, 0.25) is 0 Å². The first kappa shape index (κ1) is 8.97. The molecule has 0 amide bonds. The minimum absolute atomic E-state index is 0.566. The van der Waals surface area contributed by atoms with Crippen LogP contribution in [0.1, 0.15) is 5.69 Å². The number of aryl methyl sites for hydroxylation is 1. The maximum absolute atomic E-state index is 6.00. The quantitative estimate of drug-likeness (QED) is 0.650. The van der Waals surface area contributed by atoms with E-state index in [1.54, 1.807) is 0 Å². The molecule has 0 spiro atoms. The van der Waals surface area contributed by atoms with Crippen molar-refractivity contribution in [1.82, 2.24) is 4.98 Å². The van der Waals surface area contributed by atoms with Gasteiger partial charge in [-0.25, -0.2) is 4.98 Å². The Balaban J connectivity index is 2.94. The van der Waals surface area contributed by atoms with Crippen LogP contribution in [0.2, 0.25) is 5.15 Å². The van der Waals surface area contributed by atoms with Gasteiger partial charge < -0.3 is 0 Å². The second kappa shape index (κ2) is 3.28. The molecule has 3 heteroatoms. The summed E-state index contributed by atoms with van der Waals surface area (Å²) in [6.07, 6.45) is 0. The molecule has 0 unspecified atom stereocenters. The Hall–Kier alpha value is -0.600. The third-order valence-electron chi connectivity index (χ3n) is 1.90. The SMILES string of the molecule is Cc1cc2c(Br)cccc2c(Cl)n1. The predicted molar refractivity (Wildman–Crippen MR) is 59.2 cm³/mol. The van der Waals surface area contributed by atoms with E-state index in [1.165, 1.54) is 0 Å². The van der Waals surface area contributed by atoms with E-state index in [0.29, 0.717) is 5.15 Å². The highest BCUT2D eigenvalue weighted by Gasteiger charge is 2.03. The van der Waals surface area contributed by atoms with Crippen molar-refractivity contribution < 1.29 is 0 Å². The van der Waals surface area contributed by atoms with Gasteiger partial charge in [0.1, 0.15) is 5.15 Å². The zero-order valence-electron chi connectivity index (χ0n) is 7.01. The van der Waals surface area contributed by atoms with Gasteiger partial charge in [-0.1, -0.05) is 39.7 Å². The fraction of sp³-hybridized carbons (Fsp3) is 0.100. The van der Waals surface area contributed by atoms with Crippen molar-refractivity contribution in [1.29, 1.82) is 0 Å². The van der Waals surface area contributed by atoms with Crippen LogP contribution in [0.5, 0.6) is 0 Å². The maximum Gasteiger partial charge on any atom is 0.137 e. The lowest BCUT2D eigenvalue weighted by Crippen LogP contribution is -1.84. The normalized spacial score (nSPS) is 10.7. The molecule has 0 bridgehead atoms. The number of aromatic nitrogens is 1. The molecule has 13 heavy (non-hydrogen) atoms. The highest BCUT2D eigenvalue weighted by molar-refractivity contribution is 9.10. The topological polar surface area (TPSA) is 12.9 Å². The molecule has 0 fully saturated rings. The van der Waals surface area contributed by atoms with Gasteiger partial charge in [0.15, 0.2) is 0 Å². The van der Waals surface area contributed by atoms with Crippen LogP contribution in [-0.4, -0.2) is 4.98 Å². The summed E-state index contributed by atoms with van der Waals surface area (Å²) in [6, 6.07) is 7.94. The van der Waals surface area contributed by atoms with E-state index in [2.05, 4.69) is 20.9 Å². The first-order chi connectivity index (χ1) is 6.18. The van der Waals surface area contributed by atoms with Gasteiger partial charge in [-0.05, 0) is 19.1 Å². The summed E-state index contributed by atoms with van der Waals surface area (Å²) in [4.78, 5) is 4.19. The molecular formula is C10H7BrClN. The van der Waals surface area contributed by atoms with E-state index >= 15 is 0 Å². The molecule has 2 aromatic rings. The van der Waals surface area contributed by atoms with Crippen LogP contribution in [0.3, 0.4) is 0 Å². The number of hydrogen-bond donors (Lipinski definition) is 0. The summed E-state index contributed by atoms with van der Waals surface area (Å²) in [5.74, 6) is 0. The van der Waals surface area contributed by atoms with E-state index in [9.17, 15) is 0 Å². The van der Waals surface area contributed by atoms with Crippen LogP contribution in [0, 0.1) is 6.92 Å². The number of halogens is 2. The monoisotopic (exact) mass is 255 g/mol. The van der Waals surface area contributed by atoms with Crippen LogP contribution >= 0.6 is 27.5 Å². The molecule has 0 aliphatic heterocycles. The summed E-state index contributed by atoms with van der Waals surface area (Å²) in [5.41, 5.74) is 0.935. The molecule has 1 aromatic heterocycles. The van der Waals surface area contributed by atoms with Crippen molar-refractivity contribution in [3.8, 4) is 0 Å². The average Bonchev–Trinajstić information content (AvgIpc) is 2.07. The van der Waals surface area contributed by atoms with E-state index in [0.717, 1.165) is 20.9 Å². The van der Waals surface area contributed by atoms with Crippen molar-refractivity contribution in [3.05, 3.63) is 39.6 Å². The molecule has 0 atom stereocenters. The van der Waals surface area contributed by atoms with E-state index in [-0.39, 0.29) is 0 Å². The van der Waals surface area contributed by atoms with Crippen LogP contribution in [0.4, 0.5) is 0 Å². The minimum Gasteiger partial charge on any atom is -0.241 e. The van der Waals surface area contributed by atoms with E-state index in [4.69, 9.17) is 11.6 Å². The highest BCUT2D eigenvalue weighted by Crippen LogP contribution is 2.28. The number of hydrogen-bond acceptors (Lipinski definition) is 1. The zero-order valence-corrected chi connectivity index (χ0v) is 9.35. The summed E-state index contributed by atoms with van der Waals surface area (Å²) >= 11 is 9.48. The van der Waals surface area contributed by atoms with Crippen molar-refractivity contribution in [2.24, 2.45) is 0 Å². The van der Waals surface area contributed by atoms with Crippen molar-refractivity contribution in [2.75, 3.05) is 0 Å². The fourth-order valence-corrected chi connectivity index (χ4v) is 2.10.